The van der Waals surface area contributed by atoms with E-state index in [1.807, 2.05) is 0 Å². The SMILES string of the molecule is CCCCc1nc(Cl)c(CNCCC2CCCC2)[nH]1. The van der Waals surface area contributed by atoms with Crippen LogP contribution in [0.15, 0.2) is 0 Å². The number of hydrogen-bond acceptors (Lipinski definition) is 2. The molecule has 2 rings (SSSR count). The fourth-order valence-electron chi connectivity index (χ4n) is 2.84. The lowest BCUT2D eigenvalue weighted by Gasteiger charge is -2.09. The number of hydrogen-bond donors (Lipinski definition) is 2. The first-order valence-corrected chi connectivity index (χ1v) is 8.11. The Balaban J connectivity index is 1.68. The number of imidazole rings is 1. The lowest BCUT2D eigenvalue weighted by molar-refractivity contribution is 0.476. The van der Waals surface area contributed by atoms with Crippen LogP contribution in [0.2, 0.25) is 5.15 Å². The average molecular weight is 284 g/mol. The van der Waals surface area contributed by atoms with Crippen molar-refractivity contribution in [3.8, 4) is 0 Å². The molecule has 4 heteroatoms. The molecule has 0 saturated heterocycles. The van der Waals surface area contributed by atoms with Gasteiger partial charge in [-0.25, -0.2) is 4.98 Å². The summed E-state index contributed by atoms with van der Waals surface area (Å²) >= 11 is 6.15. The lowest BCUT2D eigenvalue weighted by Crippen LogP contribution is -2.17. The van der Waals surface area contributed by atoms with E-state index in [9.17, 15) is 0 Å². The average Bonchev–Trinajstić information content (AvgIpc) is 3.02. The monoisotopic (exact) mass is 283 g/mol. The maximum Gasteiger partial charge on any atom is 0.151 e. The summed E-state index contributed by atoms with van der Waals surface area (Å²) in [6.07, 6.45) is 10.4. The minimum Gasteiger partial charge on any atom is -0.344 e. The Morgan fingerprint density at radius 3 is 2.89 bits per heavy atom. The van der Waals surface area contributed by atoms with Crippen LogP contribution in [0.3, 0.4) is 0 Å². The Morgan fingerprint density at radius 1 is 1.37 bits per heavy atom. The molecule has 0 aliphatic heterocycles. The smallest absolute Gasteiger partial charge is 0.151 e. The Bertz CT molecular complexity index is 369. The number of halogens is 1. The highest BCUT2D eigenvalue weighted by molar-refractivity contribution is 6.30. The Morgan fingerprint density at radius 2 is 2.16 bits per heavy atom. The maximum atomic E-state index is 6.15. The molecule has 0 radical (unpaired) electrons. The summed E-state index contributed by atoms with van der Waals surface area (Å²) in [6, 6.07) is 0. The first-order valence-electron chi connectivity index (χ1n) is 7.73. The van der Waals surface area contributed by atoms with E-state index in [0.717, 1.165) is 36.9 Å². The molecule has 1 aliphatic rings. The highest BCUT2D eigenvalue weighted by Gasteiger charge is 2.14. The topological polar surface area (TPSA) is 40.7 Å². The van der Waals surface area contributed by atoms with Crippen LogP contribution >= 0.6 is 11.6 Å². The van der Waals surface area contributed by atoms with Gasteiger partial charge in [-0.3, -0.25) is 0 Å². The molecular formula is C15H26ClN3. The third-order valence-corrected chi connectivity index (χ3v) is 4.36. The predicted octanol–water partition coefficient (Wildman–Crippen LogP) is 4.08. The predicted molar refractivity (Wildman–Crippen MR) is 80.5 cm³/mol. The highest BCUT2D eigenvalue weighted by Crippen LogP contribution is 2.26. The van der Waals surface area contributed by atoms with Gasteiger partial charge in [0.25, 0.3) is 0 Å². The summed E-state index contributed by atoms with van der Waals surface area (Å²) in [4.78, 5) is 7.71. The van der Waals surface area contributed by atoms with Crippen molar-refractivity contribution < 1.29 is 0 Å². The molecule has 108 valence electrons. The van der Waals surface area contributed by atoms with Gasteiger partial charge in [-0.1, -0.05) is 50.6 Å². The van der Waals surface area contributed by atoms with Crippen LogP contribution in [0.1, 0.15) is 63.4 Å². The number of aromatic amines is 1. The Hall–Kier alpha value is -0.540. The van der Waals surface area contributed by atoms with Gasteiger partial charge in [0, 0.05) is 13.0 Å². The van der Waals surface area contributed by atoms with Gasteiger partial charge in [-0.2, -0.15) is 0 Å². The third-order valence-electron chi connectivity index (χ3n) is 4.05. The second kappa shape index (κ2) is 7.91. The van der Waals surface area contributed by atoms with Crippen molar-refractivity contribution in [3.05, 3.63) is 16.7 Å². The van der Waals surface area contributed by atoms with Crippen LogP contribution in [0.25, 0.3) is 0 Å². The van der Waals surface area contributed by atoms with Crippen molar-refractivity contribution in [1.29, 1.82) is 0 Å². The minimum absolute atomic E-state index is 0.638. The van der Waals surface area contributed by atoms with E-state index >= 15 is 0 Å². The number of nitrogens with zero attached hydrogens (tertiary/aromatic N) is 1. The van der Waals surface area contributed by atoms with Crippen LogP contribution in [-0.4, -0.2) is 16.5 Å². The second-order valence-electron chi connectivity index (χ2n) is 5.67. The number of rotatable bonds is 8. The normalized spacial score (nSPS) is 16.3. The summed E-state index contributed by atoms with van der Waals surface area (Å²) in [5.74, 6) is 1.98. The van der Waals surface area contributed by atoms with Crippen LogP contribution in [0.5, 0.6) is 0 Å². The molecule has 0 bridgehead atoms. The van der Waals surface area contributed by atoms with Crippen LogP contribution in [-0.2, 0) is 13.0 Å². The van der Waals surface area contributed by atoms with Crippen LogP contribution in [0, 0.1) is 5.92 Å². The van der Waals surface area contributed by atoms with E-state index in [2.05, 4.69) is 22.2 Å². The van der Waals surface area contributed by atoms with E-state index in [1.54, 1.807) is 0 Å². The molecule has 1 aliphatic carbocycles. The highest BCUT2D eigenvalue weighted by atomic mass is 35.5. The number of nitrogens with one attached hydrogen (secondary N) is 2. The Labute approximate surface area is 121 Å². The van der Waals surface area contributed by atoms with E-state index in [4.69, 9.17) is 11.6 Å². The van der Waals surface area contributed by atoms with Gasteiger partial charge in [-0.15, -0.1) is 0 Å². The van der Waals surface area contributed by atoms with Gasteiger partial charge < -0.3 is 10.3 Å². The molecule has 1 aromatic rings. The summed E-state index contributed by atoms with van der Waals surface area (Å²) in [5, 5.41) is 4.12. The molecule has 19 heavy (non-hydrogen) atoms. The molecule has 0 aromatic carbocycles. The fourth-order valence-corrected chi connectivity index (χ4v) is 3.05. The maximum absolute atomic E-state index is 6.15. The second-order valence-corrected chi connectivity index (χ2v) is 6.03. The summed E-state index contributed by atoms with van der Waals surface area (Å²) in [6.45, 7) is 4.09. The van der Waals surface area contributed by atoms with Crippen molar-refractivity contribution in [2.24, 2.45) is 5.92 Å². The van der Waals surface area contributed by atoms with Crippen molar-refractivity contribution >= 4 is 11.6 Å². The van der Waals surface area contributed by atoms with E-state index in [-0.39, 0.29) is 0 Å². The minimum atomic E-state index is 0.638. The molecule has 1 heterocycles. The van der Waals surface area contributed by atoms with Crippen molar-refractivity contribution in [2.45, 2.75) is 64.8 Å². The molecule has 1 saturated carbocycles. The van der Waals surface area contributed by atoms with E-state index in [1.165, 1.54) is 44.9 Å². The number of aromatic nitrogens is 2. The quantitative estimate of drug-likeness (QED) is 0.706. The molecule has 2 N–H and O–H groups in total. The molecular weight excluding hydrogens is 258 g/mol. The van der Waals surface area contributed by atoms with Crippen molar-refractivity contribution in [3.63, 3.8) is 0 Å². The van der Waals surface area contributed by atoms with Crippen molar-refractivity contribution in [1.82, 2.24) is 15.3 Å². The van der Waals surface area contributed by atoms with Gasteiger partial charge in [0.1, 0.15) is 5.82 Å². The zero-order valence-electron chi connectivity index (χ0n) is 12.0. The molecule has 0 spiro atoms. The number of H-pyrrole nitrogens is 1. The van der Waals surface area contributed by atoms with E-state index in [0.29, 0.717) is 5.15 Å². The first kappa shape index (κ1) is 14.9. The van der Waals surface area contributed by atoms with E-state index < -0.39 is 0 Å². The van der Waals surface area contributed by atoms with Gasteiger partial charge in [-0.05, 0) is 25.3 Å². The molecule has 1 fully saturated rings. The molecule has 3 nitrogen and oxygen atoms in total. The van der Waals surface area contributed by atoms with Gasteiger partial charge in [0.15, 0.2) is 5.15 Å². The molecule has 0 atom stereocenters. The standard InChI is InChI=1S/C15H26ClN3/c1-2-3-8-14-18-13(15(16)19-14)11-17-10-9-12-6-4-5-7-12/h12,17H,2-11H2,1H3,(H,18,19). The number of aryl methyl sites for hydroxylation is 1. The molecule has 0 amide bonds. The number of unbranched alkanes of at least 4 members (excludes halogenated alkanes) is 1. The largest absolute Gasteiger partial charge is 0.344 e. The van der Waals surface area contributed by atoms with Gasteiger partial charge in [0.05, 0.1) is 5.69 Å². The first-order chi connectivity index (χ1) is 9.29. The molecule has 0 unspecified atom stereocenters. The Kier molecular flexibility index (Phi) is 6.18. The van der Waals surface area contributed by atoms with Crippen LogP contribution in [0.4, 0.5) is 0 Å². The fraction of sp³-hybridized carbons (Fsp3) is 0.800. The lowest BCUT2D eigenvalue weighted by atomic mass is 10.0. The molecule has 1 aromatic heterocycles. The van der Waals surface area contributed by atoms with Gasteiger partial charge >= 0.3 is 0 Å². The zero-order valence-corrected chi connectivity index (χ0v) is 12.7. The zero-order chi connectivity index (χ0) is 13.5. The summed E-state index contributed by atoms with van der Waals surface area (Å²) in [5.41, 5.74) is 1.04. The van der Waals surface area contributed by atoms with Gasteiger partial charge in [0.2, 0.25) is 0 Å². The van der Waals surface area contributed by atoms with Crippen LogP contribution < -0.4 is 5.32 Å². The summed E-state index contributed by atoms with van der Waals surface area (Å²) < 4.78 is 0. The third kappa shape index (κ3) is 4.81. The summed E-state index contributed by atoms with van der Waals surface area (Å²) in [7, 11) is 0. The van der Waals surface area contributed by atoms with Crippen molar-refractivity contribution in [2.75, 3.05) is 6.54 Å².